The normalized spacial score (nSPS) is 13.0. The molecule has 1 aliphatic rings. The molecule has 65 heavy (non-hydrogen) atoms. The van der Waals surface area contributed by atoms with E-state index in [1.54, 1.807) is 0 Å². The largest absolute Gasteiger partial charge is 0.309 e. The second-order valence-electron chi connectivity index (χ2n) is 18.4. The molecule has 0 spiro atoms. The first-order valence-corrected chi connectivity index (χ1v) is 23.6. The number of fused-ring (bicyclic) bond motifs is 9. The first-order chi connectivity index (χ1) is 32.0. The molecule has 12 rings (SSSR count). The Morgan fingerprint density at radius 3 is 1.35 bits per heavy atom. The Bertz CT molecular complexity index is 3480. The second-order valence-corrected chi connectivity index (χ2v) is 18.4. The Morgan fingerprint density at radius 1 is 0.385 bits per heavy atom. The highest BCUT2D eigenvalue weighted by atomic mass is 15.0. The molecule has 11 aromatic rings. The molecule has 0 fully saturated rings. The van der Waals surface area contributed by atoms with Crippen LogP contribution in [-0.4, -0.2) is 9.13 Å². The van der Waals surface area contributed by atoms with Crippen molar-refractivity contribution >= 4 is 43.6 Å². The molecule has 9 aromatic carbocycles. The van der Waals surface area contributed by atoms with Gasteiger partial charge < -0.3 is 9.13 Å². The number of aromatic nitrogens is 2. The summed E-state index contributed by atoms with van der Waals surface area (Å²) in [6.07, 6.45) is 6.22. The number of aryl methyl sites for hydroxylation is 3. The van der Waals surface area contributed by atoms with E-state index in [0.717, 1.165) is 12.1 Å². The molecular formula is C63H52N2. The maximum Gasteiger partial charge on any atom is 0.0714 e. The summed E-state index contributed by atoms with van der Waals surface area (Å²) >= 11 is 0. The fourth-order valence-corrected chi connectivity index (χ4v) is 11.3. The molecule has 0 saturated heterocycles. The fourth-order valence-electron chi connectivity index (χ4n) is 11.3. The smallest absolute Gasteiger partial charge is 0.0714 e. The number of rotatable bonds is 10. The fraction of sp³-hybridized carbons (Fsp3) is 0.143. The number of hydrogen-bond acceptors (Lipinski definition) is 0. The van der Waals surface area contributed by atoms with E-state index < -0.39 is 5.41 Å². The van der Waals surface area contributed by atoms with Gasteiger partial charge in [0.15, 0.2) is 0 Å². The van der Waals surface area contributed by atoms with Crippen LogP contribution in [0, 0.1) is 13.8 Å². The van der Waals surface area contributed by atoms with Crippen LogP contribution in [0.1, 0.15) is 71.6 Å². The molecule has 0 saturated carbocycles. The van der Waals surface area contributed by atoms with Gasteiger partial charge in [0.2, 0.25) is 0 Å². The van der Waals surface area contributed by atoms with Gasteiger partial charge in [-0.05, 0) is 131 Å². The zero-order valence-corrected chi connectivity index (χ0v) is 37.5. The van der Waals surface area contributed by atoms with E-state index in [-0.39, 0.29) is 0 Å². The molecule has 0 aliphatic heterocycles. The van der Waals surface area contributed by atoms with Crippen molar-refractivity contribution in [3.63, 3.8) is 0 Å². The van der Waals surface area contributed by atoms with E-state index in [2.05, 4.69) is 230 Å². The van der Waals surface area contributed by atoms with Crippen molar-refractivity contribution in [2.75, 3.05) is 0 Å². The van der Waals surface area contributed by atoms with Crippen LogP contribution < -0.4 is 0 Å². The van der Waals surface area contributed by atoms with E-state index >= 15 is 0 Å². The number of para-hydroxylation sites is 3. The molecule has 0 atom stereocenters. The topological polar surface area (TPSA) is 9.86 Å². The number of hydrogen-bond donors (Lipinski definition) is 0. The first kappa shape index (κ1) is 39.2. The summed E-state index contributed by atoms with van der Waals surface area (Å²) in [7, 11) is 0. The molecule has 2 aromatic heterocycles. The Labute approximate surface area is 382 Å². The number of nitrogens with zero attached hydrogens (tertiary/aromatic N) is 2. The van der Waals surface area contributed by atoms with Crippen LogP contribution in [0.4, 0.5) is 0 Å². The molecule has 0 unspecified atom stereocenters. The highest BCUT2D eigenvalue weighted by molar-refractivity contribution is 6.10. The van der Waals surface area contributed by atoms with Gasteiger partial charge in [0, 0.05) is 32.9 Å². The van der Waals surface area contributed by atoms with Crippen molar-refractivity contribution in [3.8, 4) is 33.6 Å². The van der Waals surface area contributed by atoms with Gasteiger partial charge in [-0.3, -0.25) is 0 Å². The first-order valence-electron chi connectivity index (χ1n) is 23.6. The lowest BCUT2D eigenvalue weighted by Gasteiger charge is -2.34. The summed E-state index contributed by atoms with van der Waals surface area (Å²) < 4.78 is 4.83. The molecule has 0 radical (unpaired) electrons. The Morgan fingerprint density at radius 2 is 0.846 bits per heavy atom. The second kappa shape index (κ2) is 15.7. The summed E-state index contributed by atoms with van der Waals surface area (Å²) in [6.45, 7) is 6.77. The molecule has 2 heteroatoms. The van der Waals surface area contributed by atoms with Crippen molar-refractivity contribution in [1.29, 1.82) is 0 Å². The van der Waals surface area contributed by atoms with Gasteiger partial charge in [0.05, 0.1) is 27.5 Å². The predicted molar refractivity (Wildman–Crippen MR) is 275 cm³/mol. The number of benzene rings is 9. The SMILES string of the molecule is CCCCCCc1ccc(C2(c3ccc4c(c3)c3ccccc3n4-c3ccc(-c4ccc(-n5c6ccccc6c6ccccc65)cc4)cc3)c3cc(C)ccc3-c3ccc(C)cc32)cc1. The average molecular weight is 837 g/mol. The zero-order valence-electron chi connectivity index (χ0n) is 37.5. The van der Waals surface area contributed by atoms with Crippen LogP contribution >= 0.6 is 0 Å². The molecular weight excluding hydrogens is 785 g/mol. The lowest BCUT2D eigenvalue weighted by molar-refractivity contribution is 0.666. The minimum absolute atomic E-state index is 0.473. The van der Waals surface area contributed by atoms with Gasteiger partial charge in [-0.15, -0.1) is 0 Å². The van der Waals surface area contributed by atoms with Crippen molar-refractivity contribution in [1.82, 2.24) is 9.13 Å². The zero-order chi connectivity index (χ0) is 43.6. The minimum atomic E-state index is -0.473. The Kier molecular flexibility index (Phi) is 9.45. The van der Waals surface area contributed by atoms with E-state index in [9.17, 15) is 0 Å². The van der Waals surface area contributed by atoms with E-state index in [0.29, 0.717) is 0 Å². The summed E-state index contributed by atoms with van der Waals surface area (Å²) in [6, 6.07) is 75.7. The molecule has 0 bridgehead atoms. The number of unbranched alkanes of at least 4 members (excludes halogenated alkanes) is 3. The van der Waals surface area contributed by atoms with Crippen LogP contribution in [0.3, 0.4) is 0 Å². The lowest BCUT2D eigenvalue weighted by Crippen LogP contribution is -2.28. The minimum Gasteiger partial charge on any atom is -0.309 e. The van der Waals surface area contributed by atoms with Gasteiger partial charge in [0.25, 0.3) is 0 Å². The van der Waals surface area contributed by atoms with Gasteiger partial charge >= 0.3 is 0 Å². The van der Waals surface area contributed by atoms with Gasteiger partial charge in [0.1, 0.15) is 0 Å². The van der Waals surface area contributed by atoms with Crippen molar-refractivity contribution in [2.24, 2.45) is 0 Å². The predicted octanol–water partition coefficient (Wildman–Crippen LogP) is 16.7. The molecule has 314 valence electrons. The van der Waals surface area contributed by atoms with Gasteiger partial charge in [-0.25, -0.2) is 0 Å². The third kappa shape index (κ3) is 6.22. The maximum atomic E-state index is 2.52. The molecule has 1 aliphatic carbocycles. The maximum absolute atomic E-state index is 2.52. The van der Waals surface area contributed by atoms with Crippen molar-refractivity contribution in [3.05, 3.63) is 239 Å². The Hall–Kier alpha value is -7.42. The molecule has 2 nitrogen and oxygen atoms in total. The van der Waals surface area contributed by atoms with E-state index in [1.807, 2.05) is 0 Å². The Balaban J connectivity index is 0.962. The lowest BCUT2D eigenvalue weighted by atomic mass is 9.67. The standard InChI is InChI=1S/C63H52N2/c1-4-5-6-7-14-44-23-29-47(30-24-44)63(57-39-42(2)21-36-51(57)52-37-22-43(3)40-58(52)63)48-31-38-62-56(41-48)55-17-10-13-20-61(55)65(62)50-34-27-46(28-35-50)45-25-32-49(33-26-45)64-59-18-11-8-15-53(59)54-16-9-12-19-60(54)64/h8-13,15-41H,4-7,14H2,1-3H3. The molecule has 0 N–H and O–H groups in total. The summed E-state index contributed by atoms with van der Waals surface area (Å²) in [5, 5.41) is 5.09. The van der Waals surface area contributed by atoms with Crippen LogP contribution in [0.25, 0.3) is 77.2 Å². The third-order valence-corrected chi connectivity index (χ3v) is 14.4. The highest BCUT2D eigenvalue weighted by Crippen LogP contribution is 2.57. The summed E-state index contributed by atoms with van der Waals surface area (Å²) in [4.78, 5) is 0. The summed E-state index contributed by atoms with van der Waals surface area (Å²) in [5.41, 5.74) is 21.1. The van der Waals surface area contributed by atoms with Crippen molar-refractivity contribution in [2.45, 2.75) is 58.3 Å². The van der Waals surface area contributed by atoms with Crippen LogP contribution in [0.2, 0.25) is 0 Å². The van der Waals surface area contributed by atoms with E-state index in [1.165, 1.54) is 136 Å². The molecule has 2 heterocycles. The van der Waals surface area contributed by atoms with Crippen LogP contribution in [0.5, 0.6) is 0 Å². The third-order valence-electron chi connectivity index (χ3n) is 14.4. The van der Waals surface area contributed by atoms with Gasteiger partial charge in [-0.1, -0.05) is 183 Å². The average Bonchev–Trinajstić information content (AvgIpc) is 3.97. The quantitative estimate of drug-likeness (QED) is 0.121. The van der Waals surface area contributed by atoms with Crippen molar-refractivity contribution < 1.29 is 0 Å². The van der Waals surface area contributed by atoms with Crippen LogP contribution in [0.15, 0.2) is 200 Å². The highest BCUT2D eigenvalue weighted by Gasteiger charge is 2.46. The molecule has 0 amide bonds. The van der Waals surface area contributed by atoms with Gasteiger partial charge in [-0.2, -0.15) is 0 Å². The monoisotopic (exact) mass is 836 g/mol. The van der Waals surface area contributed by atoms with Crippen LogP contribution in [-0.2, 0) is 11.8 Å². The summed E-state index contributed by atoms with van der Waals surface area (Å²) in [5.74, 6) is 0. The van der Waals surface area contributed by atoms with E-state index in [4.69, 9.17) is 0 Å².